The first-order valence-electron chi connectivity index (χ1n) is 28.7. The summed E-state index contributed by atoms with van der Waals surface area (Å²) in [5, 5.41) is 0. The molecule has 0 radical (unpaired) electrons. The first-order valence-corrected chi connectivity index (χ1v) is 34.7. The van der Waals surface area contributed by atoms with E-state index in [0.29, 0.717) is 82.6 Å². The molecule has 20 nitrogen and oxygen atoms in total. The van der Waals surface area contributed by atoms with E-state index >= 15 is 0 Å². The summed E-state index contributed by atoms with van der Waals surface area (Å²) >= 11 is 0. The van der Waals surface area contributed by atoms with Crippen molar-refractivity contribution in [3.05, 3.63) is 49.6 Å². The fraction of sp³-hybridized carbons (Fsp3) is 0.778. The fourth-order valence-corrected chi connectivity index (χ4v) is 19.6. The molecule has 0 aromatic heterocycles. The first-order chi connectivity index (χ1) is 41.0. The van der Waals surface area contributed by atoms with Gasteiger partial charge in [-0.25, -0.2) is 71.7 Å². The molecule has 12 unspecified atom stereocenters. The standard InChI is InChI=1S/C15H20F3NO4S.C14H18F3NO4S.C13H18F3NO4S.C12H16F3NO4S/c1-9(2)12(20)23-14-6-10-3-11(7-14)5-13(4-10,8-14)19-24(21,22)15(16,17)18;1-2-11(19)22-13-6-9-3-10(7-13)5-12(4-9,8-13)18-23(20,21)14(15,16)17;1-7(2)12(18)21-11-5-8-3-9(11)4-10(8)6-17-22(19,20)13(14,15)16;1-2-11(17)20-10-5-7-3-8(10)4-9(7)6-16-21(18,19)12(13,14)15/h10-11,19H,1,3-8H2,2H3;2,9-10,18H,1,3-8H2;8-11,17H,1,3-6H2,2H3;2,7-10,16H,1,3-6H2. The van der Waals surface area contributed by atoms with E-state index in [9.17, 15) is 106 Å². The van der Waals surface area contributed by atoms with Crippen molar-refractivity contribution in [3.63, 3.8) is 0 Å². The van der Waals surface area contributed by atoms with E-state index in [1.165, 1.54) is 6.92 Å². The second-order valence-electron chi connectivity index (χ2n) is 26.2. The highest BCUT2D eigenvalue weighted by Crippen LogP contribution is 2.61. The van der Waals surface area contributed by atoms with Crippen LogP contribution in [0, 0.1) is 59.2 Å². The van der Waals surface area contributed by atoms with Crippen LogP contribution in [0.25, 0.3) is 0 Å². The average Bonchev–Trinajstić information content (AvgIpc) is 0.785. The molecule has 12 aliphatic carbocycles. The second kappa shape index (κ2) is 25.7. The predicted molar refractivity (Wildman–Crippen MR) is 293 cm³/mol. The van der Waals surface area contributed by atoms with E-state index in [0.717, 1.165) is 37.8 Å². The van der Waals surface area contributed by atoms with Crippen molar-refractivity contribution >= 4 is 64.0 Å². The Morgan fingerprint density at radius 3 is 1.08 bits per heavy atom. The summed E-state index contributed by atoms with van der Waals surface area (Å²) in [5.41, 5.74) is -24.9. The van der Waals surface area contributed by atoms with Crippen LogP contribution in [0.5, 0.6) is 0 Å². The Labute approximate surface area is 513 Å². The lowest BCUT2D eigenvalue weighted by atomic mass is 9.51. The Balaban J connectivity index is 0.000000171. The van der Waals surface area contributed by atoms with Crippen LogP contribution < -0.4 is 18.9 Å². The molecule has 0 heterocycles. The molecule has 0 aliphatic heterocycles. The average molecular weight is 1390 g/mol. The largest absolute Gasteiger partial charge is 0.511 e. The first kappa shape index (κ1) is 73.1. The number of alkyl halides is 12. The number of sulfonamides is 4. The fourth-order valence-electron chi connectivity index (χ4n) is 16.6. The molecule has 512 valence electrons. The minimum atomic E-state index is -5.44. The molecule has 12 fully saturated rings. The molecular formula is C54H72F12N4O16S4. The Bertz CT molecular complexity index is 3260. The molecule has 12 bridgehead atoms. The molecule has 90 heavy (non-hydrogen) atoms. The molecule has 0 amide bonds. The number of hydrogen-bond acceptors (Lipinski definition) is 16. The molecule has 12 rings (SSSR count). The number of rotatable bonds is 18. The van der Waals surface area contributed by atoms with Crippen LogP contribution in [0.4, 0.5) is 52.7 Å². The zero-order valence-electron chi connectivity index (χ0n) is 48.8. The molecule has 12 saturated carbocycles. The number of fused-ring (bicyclic) bond motifs is 4. The summed E-state index contributed by atoms with van der Waals surface area (Å²) in [6.07, 6.45) is 10.8. The topological polar surface area (TPSA) is 290 Å². The van der Waals surface area contributed by atoms with Crippen molar-refractivity contribution in [2.24, 2.45) is 59.2 Å². The highest BCUT2D eigenvalue weighted by atomic mass is 32.2. The van der Waals surface area contributed by atoms with E-state index in [1.807, 2.05) is 9.44 Å². The Morgan fingerprint density at radius 1 is 0.444 bits per heavy atom. The van der Waals surface area contributed by atoms with Gasteiger partial charge in [0.05, 0.1) is 0 Å². The van der Waals surface area contributed by atoms with Gasteiger partial charge in [-0.2, -0.15) is 52.7 Å². The van der Waals surface area contributed by atoms with E-state index in [4.69, 9.17) is 18.9 Å². The number of carbonyl (C=O) groups is 4. The molecule has 0 spiro atoms. The zero-order valence-corrected chi connectivity index (χ0v) is 52.0. The van der Waals surface area contributed by atoms with Crippen molar-refractivity contribution in [2.45, 2.75) is 186 Å². The molecule has 0 aromatic carbocycles. The van der Waals surface area contributed by atoms with E-state index in [1.54, 1.807) is 16.4 Å². The van der Waals surface area contributed by atoms with Gasteiger partial charge >= 0.3 is 86.0 Å². The smallest absolute Gasteiger partial charge is 0.459 e. The molecule has 0 aromatic rings. The van der Waals surface area contributed by atoms with Crippen LogP contribution in [0.15, 0.2) is 49.6 Å². The van der Waals surface area contributed by atoms with Crippen molar-refractivity contribution in [1.82, 2.24) is 18.9 Å². The lowest BCUT2D eigenvalue weighted by Gasteiger charge is -2.61. The summed E-state index contributed by atoms with van der Waals surface area (Å²) in [6.45, 7) is 16.2. The summed E-state index contributed by atoms with van der Waals surface area (Å²) < 4.78 is 269. The molecule has 36 heteroatoms. The van der Waals surface area contributed by atoms with Crippen LogP contribution in [0.1, 0.15) is 129 Å². The summed E-state index contributed by atoms with van der Waals surface area (Å²) in [5.74, 6) is -1.94. The number of ether oxygens (including phenoxy) is 4. The molecule has 12 atom stereocenters. The van der Waals surface area contributed by atoms with Gasteiger partial charge in [0.1, 0.15) is 23.4 Å². The lowest BCUT2D eigenvalue weighted by Crippen LogP contribution is -2.67. The van der Waals surface area contributed by atoms with Crippen molar-refractivity contribution < 1.29 is 124 Å². The molecule has 12 aliphatic rings. The number of halogens is 12. The predicted octanol–water partition coefficient (Wildman–Crippen LogP) is 8.41. The Kier molecular flexibility index (Phi) is 20.9. The van der Waals surface area contributed by atoms with Gasteiger partial charge in [0.25, 0.3) is 0 Å². The minimum Gasteiger partial charge on any atom is -0.459 e. The normalized spacial score (nSPS) is 35.4. The molecular weight excluding hydrogens is 1320 g/mol. The quantitative estimate of drug-likeness (QED) is 0.0433. The van der Waals surface area contributed by atoms with Gasteiger partial charge in [0.15, 0.2) is 0 Å². The maximum absolute atomic E-state index is 12.8. The Hall–Kier alpha value is -4.36. The summed E-state index contributed by atoms with van der Waals surface area (Å²) in [4.78, 5) is 46.1. The third kappa shape index (κ3) is 16.6. The van der Waals surface area contributed by atoms with Gasteiger partial charge in [-0.05, 0) is 176 Å². The number of esters is 4. The van der Waals surface area contributed by atoms with Crippen molar-refractivity contribution in [3.8, 4) is 0 Å². The van der Waals surface area contributed by atoms with Crippen LogP contribution >= 0.6 is 0 Å². The number of carbonyl (C=O) groups excluding carboxylic acids is 4. The van der Waals surface area contributed by atoms with Crippen LogP contribution in [0.3, 0.4) is 0 Å². The van der Waals surface area contributed by atoms with Gasteiger partial charge in [-0.3, -0.25) is 0 Å². The van der Waals surface area contributed by atoms with Gasteiger partial charge < -0.3 is 18.9 Å². The maximum Gasteiger partial charge on any atom is 0.511 e. The minimum absolute atomic E-state index is 0.0557. The van der Waals surface area contributed by atoms with Crippen LogP contribution in [0.2, 0.25) is 0 Å². The highest BCUT2D eigenvalue weighted by molar-refractivity contribution is 7.91. The van der Waals surface area contributed by atoms with Gasteiger partial charge in [-0.1, -0.05) is 26.3 Å². The van der Waals surface area contributed by atoms with Crippen LogP contribution in [-0.2, 0) is 78.2 Å². The second-order valence-corrected chi connectivity index (χ2v) is 33.1. The third-order valence-electron chi connectivity index (χ3n) is 19.1. The van der Waals surface area contributed by atoms with E-state index in [-0.39, 0.29) is 103 Å². The third-order valence-corrected chi connectivity index (χ3v) is 24.0. The van der Waals surface area contributed by atoms with Gasteiger partial charge in [0.2, 0.25) is 0 Å². The number of hydrogen-bond donors (Lipinski definition) is 4. The van der Waals surface area contributed by atoms with Crippen molar-refractivity contribution in [1.29, 1.82) is 0 Å². The highest BCUT2D eigenvalue weighted by Gasteiger charge is 2.65. The molecule has 4 N–H and O–H groups in total. The Morgan fingerprint density at radius 2 is 0.778 bits per heavy atom. The lowest BCUT2D eigenvalue weighted by molar-refractivity contribution is -0.187. The van der Waals surface area contributed by atoms with Crippen molar-refractivity contribution in [2.75, 3.05) is 13.1 Å². The summed E-state index contributed by atoms with van der Waals surface area (Å²) in [6, 6.07) is 0. The maximum atomic E-state index is 12.8. The van der Waals surface area contributed by atoms with Crippen LogP contribution in [-0.4, -0.2) is 127 Å². The monoisotopic (exact) mass is 1390 g/mol. The SMILES string of the molecule is C=C(C)C(=O)OC12CC3CC(CC(NS(=O)(=O)C(F)(F)F)(C3)C1)C2.C=C(C)C(=O)OC1CC2CC1CC2CNS(=O)(=O)C(F)(F)F.C=CC(=O)OC12CC3CC(CC(NS(=O)(=O)C(F)(F)F)(C3)C1)C2.C=CC(=O)OC1CC2CC1CC2CNS(=O)(=O)C(F)(F)F. The van der Waals surface area contributed by atoms with Gasteiger partial charge in [0, 0.05) is 60.3 Å². The number of nitrogens with one attached hydrogen (secondary N) is 4. The molecule has 0 saturated heterocycles. The van der Waals surface area contributed by atoms with E-state index < -0.39 is 108 Å². The van der Waals surface area contributed by atoms with Gasteiger partial charge in [-0.15, -0.1) is 0 Å². The van der Waals surface area contributed by atoms with E-state index in [2.05, 4.69) is 26.3 Å². The summed E-state index contributed by atoms with van der Waals surface area (Å²) in [7, 11) is -21.5. The zero-order chi connectivity index (χ0) is 67.6.